The Morgan fingerprint density at radius 3 is 2.25 bits per heavy atom. The van der Waals surface area contributed by atoms with E-state index in [0.29, 0.717) is 16.9 Å². The van der Waals surface area contributed by atoms with E-state index in [1.54, 1.807) is 60.7 Å². The molecular weight excluding hydrogens is 396 g/mol. The van der Waals surface area contributed by atoms with Crippen LogP contribution in [-0.2, 0) is 16.4 Å². The molecule has 0 saturated heterocycles. The molecule has 28 heavy (non-hydrogen) atoms. The molecule has 5 nitrogen and oxygen atoms in total. The Bertz CT molecular complexity index is 1080. The molecule has 0 heterocycles. The maximum absolute atomic E-state index is 12.5. The lowest BCUT2D eigenvalue weighted by Crippen LogP contribution is -2.14. The van der Waals surface area contributed by atoms with E-state index < -0.39 is 10.0 Å². The Balaban J connectivity index is 1.75. The quantitative estimate of drug-likeness (QED) is 0.598. The second-order valence-corrected chi connectivity index (χ2v) is 8.21. The highest BCUT2D eigenvalue weighted by Gasteiger charge is 2.15. The Labute approximate surface area is 169 Å². The molecule has 0 atom stereocenters. The Kier molecular flexibility index (Phi) is 6.02. The van der Waals surface area contributed by atoms with Crippen molar-refractivity contribution >= 4 is 38.9 Å². The van der Waals surface area contributed by atoms with Crippen LogP contribution in [0.3, 0.4) is 0 Å². The van der Waals surface area contributed by atoms with Gasteiger partial charge in [0.05, 0.1) is 21.3 Å². The molecule has 0 spiro atoms. The van der Waals surface area contributed by atoms with Crippen LogP contribution in [0.2, 0.25) is 5.02 Å². The number of aryl methyl sites for hydroxylation is 1. The van der Waals surface area contributed by atoms with Gasteiger partial charge in [-0.25, -0.2) is 8.42 Å². The zero-order chi connectivity index (χ0) is 20.1. The largest absolute Gasteiger partial charge is 0.321 e. The highest BCUT2D eigenvalue weighted by molar-refractivity contribution is 7.92. The van der Waals surface area contributed by atoms with Crippen molar-refractivity contribution in [2.45, 2.75) is 18.2 Å². The van der Waals surface area contributed by atoms with Crippen molar-refractivity contribution in [3.63, 3.8) is 0 Å². The van der Waals surface area contributed by atoms with Gasteiger partial charge in [0, 0.05) is 5.56 Å². The summed E-state index contributed by atoms with van der Waals surface area (Å²) in [5, 5.41) is 2.94. The monoisotopic (exact) mass is 414 g/mol. The smallest absolute Gasteiger partial charge is 0.261 e. The summed E-state index contributed by atoms with van der Waals surface area (Å²) >= 11 is 6.23. The van der Waals surface area contributed by atoms with Gasteiger partial charge in [0.2, 0.25) is 0 Å². The van der Waals surface area contributed by atoms with Crippen molar-refractivity contribution in [1.29, 1.82) is 0 Å². The maximum atomic E-state index is 12.5. The fourth-order valence-electron chi connectivity index (χ4n) is 2.58. The Hall–Kier alpha value is -2.83. The number of carbonyl (C=O) groups is 1. The number of carbonyl (C=O) groups excluding carboxylic acids is 1. The van der Waals surface area contributed by atoms with Crippen molar-refractivity contribution in [2.75, 3.05) is 10.0 Å². The summed E-state index contributed by atoms with van der Waals surface area (Å²) < 4.78 is 27.6. The molecule has 2 N–H and O–H groups in total. The molecule has 1 amide bonds. The molecule has 7 heteroatoms. The van der Waals surface area contributed by atoms with E-state index in [1.165, 1.54) is 6.07 Å². The first-order valence-corrected chi connectivity index (χ1v) is 10.5. The average Bonchev–Trinajstić information content (AvgIpc) is 2.70. The summed E-state index contributed by atoms with van der Waals surface area (Å²) in [6.07, 6.45) is 0.833. The van der Waals surface area contributed by atoms with Crippen LogP contribution in [0.4, 0.5) is 11.4 Å². The molecule has 0 radical (unpaired) electrons. The van der Waals surface area contributed by atoms with E-state index in [-0.39, 0.29) is 15.8 Å². The van der Waals surface area contributed by atoms with Crippen LogP contribution in [0, 0.1) is 0 Å². The van der Waals surface area contributed by atoms with Crippen molar-refractivity contribution in [3.8, 4) is 0 Å². The highest BCUT2D eigenvalue weighted by atomic mass is 35.5. The molecule has 0 unspecified atom stereocenters. The Morgan fingerprint density at radius 2 is 1.64 bits per heavy atom. The fourth-order valence-corrected chi connectivity index (χ4v) is 3.86. The number of hydrogen-bond donors (Lipinski definition) is 2. The maximum Gasteiger partial charge on any atom is 0.261 e. The first-order chi connectivity index (χ1) is 13.4. The van der Waals surface area contributed by atoms with Crippen molar-refractivity contribution in [1.82, 2.24) is 0 Å². The second kappa shape index (κ2) is 8.46. The fraction of sp³-hybridized carbons (Fsp3) is 0.0952. The number of hydrogen-bond acceptors (Lipinski definition) is 3. The summed E-state index contributed by atoms with van der Waals surface area (Å²) in [5.74, 6) is -0.299. The van der Waals surface area contributed by atoms with E-state index in [2.05, 4.69) is 10.0 Å². The lowest BCUT2D eigenvalue weighted by molar-refractivity contribution is 0.102. The molecule has 3 aromatic carbocycles. The third-order valence-electron chi connectivity index (χ3n) is 4.15. The summed E-state index contributed by atoms with van der Waals surface area (Å²) in [6, 6.07) is 20.0. The van der Waals surface area contributed by atoms with Gasteiger partial charge in [-0.05, 0) is 54.4 Å². The Morgan fingerprint density at radius 1 is 0.964 bits per heavy atom. The molecule has 0 aliphatic carbocycles. The van der Waals surface area contributed by atoms with E-state index in [4.69, 9.17) is 11.6 Å². The molecule has 0 aliphatic rings. The highest BCUT2D eigenvalue weighted by Crippen LogP contribution is 2.27. The molecule has 3 rings (SSSR count). The van der Waals surface area contributed by atoms with Gasteiger partial charge in [-0.1, -0.05) is 48.9 Å². The minimum Gasteiger partial charge on any atom is -0.321 e. The third-order valence-corrected chi connectivity index (χ3v) is 5.86. The summed E-state index contributed by atoms with van der Waals surface area (Å²) in [4.78, 5) is 12.4. The van der Waals surface area contributed by atoms with Gasteiger partial charge in [-0.2, -0.15) is 0 Å². The SMILES string of the molecule is CCc1ccc(S(=O)(=O)Nc2ccc(NC(=O)c3ccccc3)c(Cl)c2)cc1. The van der Waals surface area contributed by atoms with Crippen LogP contribution < -0.4 is 10.0 Å². The second-order valence-electron chi connectivity index (χ2n) is 6.12. The van der Waals surface area contributed by atoms with Crippen LogP contribution in [0.25, 0.3) is 0 Å². The van der Waals surface area contributed by atoms with Gasteiger partial charge < -0.3 is 5.32 Å². The molecule has 0 bridgehead atoms. The zero-order valence-corrected chi connectivity index (χ0v) is 16.7. The number of sulfonamides is 1. The van der Waals surface area contributed by atoms with Crippen molar-refractivity contribution < 1.29 is 13.2 Å². The van der Waals surface area contributed by atoms with Crippen LogP contribution in [-0.4, -0.2) is 14.3 Å². The van der Waals surface area contributed by atoms with Gasteiger partial charge in [-0.3, -0.25) is 9.52 Å². The number of anilines is 2. The molecule has 144 valence electrons. The molecule has 3 aromatic rings. The summed E-state index contributed by atoms with van der Waals surface area (Å²) in [6.45, 7) is 2.00. The topological polar surface area (TPSA) is 75.3 Å². The normalized spacial score (nSPS) is 11.1. The van der Waals surface area contributed by atoms with E-state index in [0.717, 1.165) is 12.0 Å². The number of amides is 1. The standard InChI is InChI=1S/C21H19ClN2O3S/c1-2-15-8-11-18(12-9-15)28(26,27)24-17-10-13-20(19(22)14-17)23-21(25)16-6-4-3-5-7-16/h3-14,24H,2H2,1H3,(H,23,25). The van der Waals surface area contributed by atoms with Gasteiger partial charge in [0.25, 0.3) is 15.9 Å². The third kappa shape index (κ3) is 4.71. The van der Waals surface area contributed by atoms with E-state index >= 15 is 0 Å². The van der Waals surface area contributed by atoms with Crippen molar-refractivity contribution in [2.24, 2.45) is 0 Å². The van der Waals surface area contributed by atoms with Gasteiger partial charge >= 0.3 is 0 Å². The van der Waals surface area contributed by atoms with E-state index in [1.807, 2.05) is 13.0 Å². The average molecular weight is 415 g/mol. The number of nitrogens with one attached hydrogen (secondary N) is 2. The lowest BCUT2D eigenvalue weighted by Gasteiger charge is -2.12. The predicted octanol–water partition coefficient (Wildman–Crippen LogP) is 4.96. The predicted molar refractivity (Wildman–Crippen MR) is 112 cm³/mol. The number of rotatable bonds is 6. The lowest BCUT2D eigenvalue weighted by atomic mass is 10.2. The molecular formula is C21H19ClN2O3S. The van der Waals surface area contributed by atoms with Crippen molar-refractivity contribution in [3.05, 3.63) is 88.9 Å². The van der Waals surface area contributed by atoms with Gasteiger partial charge in [-0.15, -0.1) is 0 Å². The summed E-state index contributed by atoms with van der Waals surface area (Å²) in [7, 11) is -3.73. The van der Waals surface area contributed by atoms with Crippen LogP contribution in [0.15, 0.2) is 77.7 Å². The zero-order valence-electron chi connectivity index (χ0n) is 15.1. The van der Waals surface area contributed by atoms with Crippen LogP contribution in [0.5, 0.6) is 0 Å². The number of halogens is 1. The van der Waals surface area contributed by atoms with Gasteiger partial charge in [0.15, 0.2) is 0 Å². The molecule has 0 aromatic heterocycles. The molecule has 0 fully saturated rings. The minimum absolute atomic E-state index is 0.169. The van der Waals surface area contributed by atoms with Gasteiger partial charge in [0.1, 0.15) is 0 Å². The number of benzene rings is 3. The summed E-state index contributed by atoms with van der Waals surface area (Å²) in [5.41, 5.74) is 2.26. The molecule has 0 aliphatic heterocycles. The minimum atomic E-state index is -3.73. The molecule has 0 saturated carbocycles. The van der Waals surface area contributed by atoms with Crippen LogP contribution >= 0.6 is 11.6 Å². The van der Waals surface area contributed by atoms with Crippen LogP contribution in [0.1, 0.15) is 22.8 Å². The van der Waals surface area contributed by atoms with E-state index in [9.17, 15) is 13.2 Å². The first kappa shape index (κ1) is 19.9. The first-order valence-electron chi connectivity index (χ1n) is 8.67.